The first-order valence-electron chi connectivity index (χ1n) is 6.63. The van der Waals surface area contributed by atoms with Gasteiger partial charge in [-0.15, -0.1) is 0 Å². The van der Waals surface area contributed by atoms with Crippen molar-refractivity contribution in [3.8, 4) is 0 Å². The number of nitrogens with one attached hydrogen (secondary N) is 1. The molecule has 7 heteroatoms. The Bertz CT molecular complexity index is 574. The fourth-order valence-corrected chi connectivity index (χ4v) is 4.38. The fourth-order valence-electron chi connectivity index (χ4n) is 2.38. The van der Waals surface area contributed by atoms with Crippen LogP contribution in [0.4, 0.5) is 4.39 Å². The van der Waals surface area contributed by atoms with Gasteiger partial charge in [-0.3, -0.25) is 0 Å². The van der Waals surface area contributed by atoms with Crippen LogP contribution in [0.3, 0.4) is 0 Å². The molecule has 1 aromatic rings. The second-order valence-corrected chi connectivity index (χ2v) is 7.14. The minimum absolute atomic E-state index is 0.0413. The predicted molar refractivity (Wildman–Crippen MR) is 76.9 cm³/mol. The molecule has 0 saturated carbocycles. The van der Waals surface area contributed by atoms with Crippen molar-refractivity contribution in [1.29, 1.82) is 0 Å². The van der Waals surface area contributed by atoms with Crippen molar-refractivity contribution < 1.29 is 12.8 Å². The molecule has 0 amide bonds. The molecule has 1 aliphatic heterocycles. The Labute approximate surface area is 124 Å². The largest absolute Gasteiger partial charge is 0.313 e. The molecule has 1 aliphatic rings. The van der Waals surface area contributed by atoms with Crippen LogP contribution in [0.2, 0.25) is 5.02 Å². The zero-order chi connectivity index (χ0) is 14.8. The van der Waals surface area contributed by atoms with Crippen LogP contribution in [0.1, 0.15) is 19.8 Å². The summed E-state index contributed by atoms with van der Waals surface area (Å²) in [5.74, 6) is -0.547. The topological polar surface area (TPSA) is 49.4 Å². The summed E-state index contributed by atoms with van der Waals surface area (Å²) in [6.07, 6.45) is 2.02. The molecule has 1 heterocycles. The molecule has 0 bridgehead atoms. The minimum Gasteiger partial charge on any atom is -0.313 e. The van der Waals surface area contributed by atoms with Gasteiger partial charge in [0, 0.05) is 19.1 Å². The maximum absolute atomic E-state index is 13.0. The minimum atomic E-state index is -3.69. The standard InChI is InChI=1S/C13H18ClFN2O2S/c1-2-17(9-11-4-3-7-16-11)20(18,19)13-6-5-10(15)8-12(13)14/h5-6,8,11,16H,2-4,7,9H2,1H3. The molecule has 112 valence electrons. The van der Waals surface area contributed by atoms with Crippen LogP contribution in [0, 0.1) is 5.82 Å². The van der Waals surface area contributed by atoms with E-state index < -0.39 is 15.8 Å². The van der Waals surface area contributed by atoms with E-state index in [9.17, 15) is 12.8 Å². The monoisotopic (exact) mass is 320 g/mol. The first-order chi connectivity index (χ1) is 9.45. The lowest BCUT2D eigenvalue weighted by atomic mass is 10.2. The van der Waals surface area contributed by atoms with Crippen molar-refractivity contribution >= 4 is 21.6 Å². The Morgan fingerprint density at radius 2 is 2.25 bits per heavy atom. The van der Waals surface area contributed by atoms with Crippen molar-refractivity contribution in [2.24, 2.45) is 0 Å². The zero-order valence-electron chi connectivity index (χ0n) is 11.3. The number of rotatable bonds is 5. The van der Waals surface area contributed by atoms with Crippen LogP contribution < -0.4 is 5.32 Å². The predicted octanol–water partition coefficient (Wildman–Crippen LogP) is 2.24. The molecule has 1 atom stereocenters. The van der Waals surface area contributed by atoms with Gasteiger partial charge in [0.15, 0.2) is 0 Å². The molecule has 4 nitrogen and oxygen atoms in total. The van der Waals surface area contributed by atoms with Gasteiger partial charge in [0.1, 0.15) is 10.7 Å². The molecule has 1 N–H and O–H groups in total. The van der Waals surface area contributed by atoms with Crippen LogP contribution in [0.15, 0.2) is 23.1 Å². The molecule has 1 saturated heterocycles. The van der Waals surface area contributed by atoms with Gasteiger partial charge in [-0.2, -0.15) is 4.31 Å². The normalized spacial score (nSPS) is 19.7. The third-order valence-electron chi connectivity index (χ3n) is 3.45. The summed E-state index contributed by atoms with van der Waals surface area (Å²) in [4.78, 5) is -0.0413. The average Bonchev–Trinajstić information content (AvgIpc) is 2.88. The quantitative estimate of drug-likeness (QED) is 0.905. The van der Waals surface area contributed by atoms with Crippen molar-refractivity contribution in [2.75, 3.05) is 19.6 Å². The highest BCUT2D eigenvalue weighted by Crippen LogP contribution is 2.26. The van der Waals surface area contributed by atoms with E-state index in [1.54, 1.807) is 6.92 Å². The average molecular weight is 321 g/mol. The summed E-state index contributed by atoms with van der Waals surface area (Å²) in [6, 6.07) is 3.53. The van der Waals surface area contributed by atoms with E-state index >= 15 is 0 Å². The van der Waals surface area contributed by atoms with Crippen molar-refractivity contribution in [3.63, 3.8) is 0 Å². The van der Waals surface area contributed by atoms with Crippen molar-refractivity contribution in [1.82, 2.24) is 9.62 Å². The molecule has 0 aromatic heterocycles. The molecular weight excluding hydrogens is 303 g/mol. The maximum Gasteiger partial charge on any atom is 0.244 e. The van der Waals surface area contributed by atoms with Gasteiger partial charge in [0.05, 0.1) is 5.02 Å². The number of hydrogen-bond donors (Lipinski definition) is 1. The van der Waals surface area contributed by atoms with Crippen LogP contribution >= 0.6 is 11.6 Å². The summed E-state index contributed by atoms with van der Waals surface area (Å²) in [6.45, 7) is 3.46. The van der Waals surface area contributed by atoms with E-state index in [-0.39, 0.29) is 16.0 Å². The number of sulfonamides is 1. The van der Waals surface area contributed by atoms with Crippen LogP contribution in [-0.4, -0.2) is 38.4 Å². The summed E-state index contributed by atoms with van der Waals surface area (Å²) in [5, 5.41) is 3.19. The summed E-state index contributed by atoms with van der Waals surface area (Å²) in [7, 11) is -3.69. The fraction of sp³-hybridized carbons (Fsp3) is 0.538. The molecule has 0 spiro atoms. The molecule has 2 rings (SSSR count). The third-order valence-corrected chi connectivity index (χ3v) is 5.87. The van der Waals surface area contributed by atoms with Crippen LogP contribution in [0.25, 0.3) is 0 Å². The van der Waals surface area contributed by atoms with Gasteiger partial charge in [-0.25, -0.2) is 12.8 Å². The SMILES string of the molecule is CCN(CC1CCCN1)S(=O)(=O)c1ccc(F)cc1Cl. The Kier molecular flexibility index (Phi) is 5.01. The third kappa shape index (κ3) is 3.31. The van der Waals surface area contributed by atoms with E-state index in [2.05, 4.69) is 5.32 Å². The highest BCUT2D eigenvalue weighted by atomic mass is 35.5. The second-order valence-electron chi connectivity index (χ2n) is 4.82. The van der Waals surface area contributed by atoms with Crippen molar-refractivity contribution in [2.45, 2.75) is 30.7 Å². The van der Waals surface area contributed by atoms with Crippen LogP contribution in [-0.2, 0) is 10.0 Å². The first kappa shape index (κ1) is 15.7. The smallest absolute Gasteiger partial charge is 0.244 e. The van der Waals surface area contributed by atoms with Gasteiger partial charge >= 0.3 is 0 Å². The summed E-state index contributed by atoms with van der Waals surface area (Å²) < 4.78 is 39.6. The zero-order valence-corrected chi connectivity index (χ0v) is 12.8. The van der Waals surface area contributed by atoms with Gasteiger partial charge in [-0.1, -0.05) is 18.5 Å². The van der Waals surface area contributed by atoms with Crippen LogP contribution in [0.5, 0.6) is 0 Å². The van der Waals surface area contributed by atoms with E-state index in [4.69, 9.17) is 11.6 Å². The Morgan fingerprint density at radius 1 is 1.50 bits per heavy atom. The molecule has 1 unspecified atom stereocenters. The van der Waals surface area contributed by atoms with E-state index in [0.29, 0.717) is 13.1 Å². The summed E-state index contributed by atoms with van der Waals surface area (Å²) >= 11 is 5.87. The number of nitrogens with zero attached hydrogens (tertiary/aromatic N) is 1. The van der Waals surface area contributed by atoms with Gasteiger partial charge in [-0.05, 0) is 37.6 Å². The number of likely N-dealkylation sites (N-methyl/N-ethyl adjacent to an activating group) is 1. The highest BCUT2D eigenvalue weighted by molar-refractivity contribution is 7.89. The molecule has 0 radical (unpaired) electrons. The number of hydrogen-bond acceptors (Lipinski definition) is 3. The van der Waals surface area contributed by atoms with Crippen molar-refractivity contribution in [3.05, 3.63) is 29.0 Å². The second kappa shape index (κ2) is 6.39. The lowest BCUT2D eigenvalue weighted by Crippen LogP contribution is -2.41. The number of benzene rings is 1. The lowest BCUT2D eigenvalue weighted by molar-refractivity contribution is 0.383. The Morgan fingerprint density at radius 3 is 2.80 bits per heavy atom. The number of halogens is 2. The first-order valence-corrected chi connectivity index (χ1v) is 8.45. The van der Waals surface area contributed by atoms with Gasteiger partial charge in [0.25, 0.3) is 0 Å². The lowest BCUT2D eigenvalue weighted by Gasteiger charge is -2.24. The Balaban J connectivity index is 2.26. The molecule has 1 fully saturated rings. The molecule has 1 aromatic carbocycles. The molecular formula is C13H18ClFN2O2S. The molecule has 0 aliphatic carbocycles. The van der Waals surface area contributed by atoms with E-state index in [1.165, 1.54) is 10.4 Å². The van der Waals surface area contributed by atoms with Gasteiger partial charge < -0.3 is 5.32 Å². The van der Waals surface area contributed by atoms with Gasteiger partial charge in [0.2, 0.25) is 10.0 Å². The maximum atomic E-state index is 13.0. The van der Waals surface area contributed by atoms with E-state index in [1.807, 2.05) is 0 Å². The summed E-state index contributed by atoms with van der Waals surface area (Å²) in [5.41, 5.74) is 0. The molecule has 20 heavy (non-hydrogen) atoms. The highest BCUT2D eigenvalue weighted by Gasteiger charge is 2.28. The van der Waals surface area contributed by atoms with E-state index in [0.717, 1.165) is 31.5 Å². The Hall–Kier alpha value is -0.690.